The van der Waals surface area contributed by atoms with Crippen molar-refractivity contribution in [2.24, 2.45) is 0 Å². The number of hydrogen-bond acceptors (Lipinski definition) is 2. The van der Waals surface area contributed by atoms with Crippen LogP contribution in [0.5, 0.6) is 5.75 Å². The van der Waals surface area contributed by atoms with Crippen LogP contribution in [0.2, 0.25) is 0 Å². The van der Waals surface area contributed by atoms with Crippen LogP contribution in [-0.4, -0.2) is 17.7 Å². The summed E-state index contributed by atoms with van der Waals surface area (Å²) in [6.45, 7) is 2.36. The molecule has 3 aromatic carbocycles. The molecule has 134 valence electrons. The highest BCUT2D eigenvalue weighted by molar-refractivity contribution is 5.72. The molecule has 3 aromatic rings. The number of carbonyl (C=O) groups is 1. The van der Waals surface area contributed by atoms with E-state index in [2.05, 4.69) is 11.8 Å². The highest BCUT2D eigenvalue weighted by Gasteiger charge is 2.03. The van der Waals surface area contributed by atoms with E-state index < -0.39 is 5.97 Å². The van der Waals surface area contributed by atoms with Gasteiger partial charge in [0.1, 0.15) is 12.4 Å². The van der Waals surface area contributed by atoms with Gasteiger partial charge in [-0.3, -0.25) is 4.79 Å². The summed E-state index contributed by atoms with van der Waals surface area (Å²) in [6, 6.07) is 23.3. The van der Waals surface area contributed by atoms with E-state index in [1.807, 2.05) is 79.7 Å². The van der Waals surface area contributed by atoms with Crippen molar-refractivity contribution in [2.75, 3.05) is 6.61 Å². The number of aryl methyl sites for hydroxylation is 1. The zero-order valence-electron chi connectivity index (χ0n) is 15.1. The fourth-order valence-electron chi connectivity index (χ4n) is 2.76. The van der Waals surface area contributed by atoms with E-state index in [1.165, 1.54) is 5.56 Å². The molecule has 0 aromatic heterocycles. The largest absolute Gasteiger partial charge is 0.481 e. The molecule has 0 saturated carbocycles. The Balaban J connectivity index is 1.62. The first-order chi connectivity index (χ1) is 13.1. The summed E-state index contributed by atoms with van der Waals surface area (Å²) in [5.41, 5.74) is 4.95. The summed E-state index contributed by atoms with van der Waals surface area (Å²) in [5, 5.41) is 8.93. The molecule has 0 fully saturated rings. The molecule has 0 radical (unpaired) electrons. The molecule has 0 unspecified atom stereocenters. The van der Waals surface area contributed by atoms with E-state index in [0.29, 0.717) is 6.61 Å². The van der Waals surface area contributed by atoms with E-state index in [-0.39, 0.29) is 6.42 Å². The van der Waals surface area contributed by atoms with Gasteiger partial charge in [0.05, 0.1) is 6.42 Å². The third kappa shape index (κ3) is 5.49. The summed E-state index contributed by atoms with van der Waals surface area (Å²) in [7, 11) is 0. The molecular formula is C24H20O3. The molecule has 0 aliphatic carbocycles. The Kier molecular flexibility index (Phi) is 5.91. The quantitative estimate of drug-likeness (QED) is 0.673. The molecule has 0 aliphatic heterocycles. The Hall–Kier alpha value is -3.51. The van der Waals surface area contributed by atoms with Gasteiger partial charge in [-0.15, -0.1) is 0 Å². The van der Waals surface area contributed by atoms with Gasteiger partial charge in [-0.25, -0.2) is 0 Å². The van der Waals surface area contributed by atoms with Gasteiger partial charge in [0, 0.05) is 5.56 Å². The maximum atomic E-state index is 10.9. The second kappa shape index (κ2) is 8.73. The minimum atomic E-state index is -0.831. The average Bonchev–Trinajstić information content (AvgIpc) is 2.65. The number of benzene rings is 3. The molecule has 0 heterocycles. The van der Waals surface area contributed by atoms with Crippen LogP contribution < -0.4 is 4.74 Å². The first kappa shape index (κ1) is 18.3. The Morgan fingerprint density at radius 3 is 2.48 bits per heavy atom. The zero-order chi connectivity index (χ0) is 19.1. The van der Waals surface area contributed by atoms with Gasteiger partial charge >= 0.3 is 5.97 Å². The van der Waals surface area contributed by atoms with Gasteiger partial charge in [0.25, 0.3) is 0 Å². The molecule has 3 nitrogen and oxygen atoms in total. The lowest BCUT2D eigenvalue weighted by Crippen LogP contribution is -1.99. The number of aliphatic carboxylic acids is 1. The lowest BCUT2D eigenvalue weighted by Gasteiger charge is -2.06. The fraction of sp³-hybridized carbons (Fsp3) is 0.125. The number of carboxylic acid groups (broad SMARTS) is 1. The van der Waals surface area contributed by atoms with Crippen LogP contribution in [0.1, 0.15) is 16.7 Å². The Morgan fingerprint density at radius 1 is 0.963 bits per heavy atom. The normalized spacial score (nSPS) is 9.96. The molecule has 3 heteroatoms. The second-order valence-electron chi connectivity index (χ2n) is 6.26. The minimum absolute atomic E-state index is 0.0225. The van der Waals surface area contributed by atoms with Crippen molar-refractivity contribution in [3.05, 3.63) is 89.5 Å². The molecule has 27 heavy (non-hydrogen) atoms. The number of rotatable bonds is 5. The monoisotopic (exact) mass is 356 g/mol. The van der Waals surface area contributed by atoms with Crippen molar-refractivity contribution in [2.45, 2.75) is 13.3 Å². The van der Waals surface area contributed by atoms with E-state index in [1.54, 1.807) is 0 Å². The third-order valence-electron chi connectivity index (χ3n) is 4.03. The zero-order valence-corrected chi connectivity index (χ0v) is 15.1. The van der Waals surface area contributed by atoms with Gasteiger partial charge < -0.3 is 9.84 Å². The summed E-state index contributed by atoms with van der Waals surface area (Å²) in [6.07, 6.45) is 0.0225. The number of hydrogen-bond donors (Lipinski definition) is 1. The second-order valence-corrected chi connectivity index (χ2v) is 6.26. The molecule has 3 rings (SSSR count). The molecular weight excluding hydrogens is 336 g/mol. The van der Waals surface area contributed by atoms with E-state index in [9.17, 15) is 4.79 Å². The van der Waals surface area contributed by atoms with Crippen molar-refractivity contribution in [3.63, 3.8) is 0 Å². The van der Waals surface area contributed by atoms with Gasteiger partial charge in [-0.1, -0.05) is 60.4 Å². The number of ether oxygens (including phenoxy) is 1. The van der Waals surface area contributed by atoms with Crippen LogP contribution in [-0.2, 0) is 11.2 Å². The topological polar surface area (TPSA) is 46.5 Å². The first-order valence-corrected chi connectivity index (χ1v) is 8.70. The maximum absolute atomic E-state index is 10.9. The summed E-state index contributed by atoms with van der Waals surface area (Å²) < 4.78 is 5.67. The fourth-order valence-corrected chi connectivity index (χ4v) is 2.76. The molecule has 0 atom stereocenters. The van der Waals surface area contributed by atoms with Gasteiger partial charge in [0.2, 0.25) is 0 Å². The SMILES string of the molecule is Cc1cccc(C#CCOc2ccc(-c3cccc(CC(=O)O)c3)cc2)c1. The molecule has 0 saturated heterocycles. The van der Waals surface area contributed by atoms with Gasteiger partial charge in [-0.05, 0) is 53.4 Å². The van der Waals surface area contributed by atoms with Crippen LogP contribution >= 0.6 is 0 Å². The number of carboxylic acids is 1. The standard InChI is InChI=1S/C24H20O3/c1-18-5-2-6-19(15-18)8-4-14-27-23-12-10-21(11-13-23)22-9-3-7-20(16-22)17-24(25)26/h2-3,5-7,9-13,15-16H,14,17H2,1H3,(H,25,26). The van der Waals surface area contributed by atoms with Gasteiger partial charge in [0.15, 0.2) is 0 Å². The van der Waals surface area contributed by atoms with Crippen molar-refractivity contribution in [1.29, 1.82) is 0 Å². The third-order valence-corrected chi connectivity index (χ3v) is 4.03. The summed E-state index contributed by atoms with van der Waals surface area (Å²) >= 11 is 0. The van der Waals surface area contributed by atoms with Crippen molar-refractivity contribution in [1.82, 2.24) is 0 Å². The predicted octanol–water partition coefficient (Wildman–Crippen LogP) is 4.72. The summed E-state index contributed by atoms with van der Waals surface area (Å²) in [5.74, 6) is 6.03. The van der Waals surface area contributed by atoms with Crippen LogP contribution in [0.25, 0.3) is 11.1 Å². The molecule has 0 bridgehead atoms. The summed E-state index contributed by atoms with van der Waals surface area (Å²) in [4.78, 5) is 10.9. The average molecular weight is 356 g/mol. The minimum Gasteiger partial charge on any atom is -0.481 e. The Labute approximate surface area is 159 Å². The lowest BCUT2D eigenvalue weighted by atomic mass is 10.0. The van der Waals surface area contributed by atoms with E-state index >= 15 is 0 Å². The van der Waals surface area contributed by atoms with Crippen LogP contribution in [0, 0.1) is 18.8 Å². The predicted molar refractivity (Wildman–Crippen MR) is 107 cm³/mol. The van der Waals surface area contributed by atoms with Crippen LogP contribution in [0.4, 0.5) is 0 Å². The van der Waals surface area contributed by atoms with Crippen LogP contribution in [0.15, 0.2) is 72.8 Å². The Bertz CT molecular complexity index is 992. The van der Waals surface area contributed by atoms with Crippen molar-refractivity contribution >= 4 is 5.97 Å². The molecule has 0 spiro atoms. The molecule has 0 aliphatic rings. The highest BCUT2D eigenvalue weighted by atomic mass is 16.5. The molecule has 1 N–H and O–H groups in total. The van der Waals surface area contributed by atoms with Gasteiger partial charge in [-0.2, -0.15) is 0 Å². The van der Waals surface area contributed by atoms with E-state index in [0.717, 1.165) is 28.0 Å². The van der Waals surface area contributed by atoms with Crippen molar-refractivity contribution in [3.8, 4) is 28.7 Å². The highest BCUT2D eigenvalue weighted by Crippen LogP contribution is 2.23. The van der Waals surface area contributed by atoms with Crippen molar-refractivity contribution < 1.29 is 14.6 Å². The maximum Gasteiger partial charge on any atom is 0.307 e. The van der Waals surface area contributed by atoms with Crippen LogP contribution in [0.3, 0.4) is 0 Å². The molecule has 0 amide bonds. The van der Waals surface area contributed by atoms with E-state index in [4.69, 9.17) is 9.84 Å². The Morgan fingerprint density at radius 2 is 1.74 bits per heavy atom. The smallest absolute Gasteiger partial charge is 0.307 e. The lowest BCUT2D eigenvalue weighted by molar-refractivity contribution is -0.136. The first-order valence-electron chi connectivity index (χ1n) is 8.70.